The van der Waals surface area contributed by atoms with E-state index >= 15 is 0 Å². The van der Waals surface area contributed by atoms with Gasteiger partial charge in [-0.1, -0.05) is 55.7 Å². The molecular weight excluding hydrogens is 520 g/mol. The van der Waals surface area contributed by atoms with Gasteiger partial charge >= 0.3 is 5.97 Å². The van der Waals surface area contributed by atoms with E-state index in [2.05, 4.69) is 29.6 Å². The van der Waals surface area contributed by atoms with Gasteiger partial charge in [0.2, 0.25) is 5.91 Å². The number of hydrogen-bond acceptors (Lipinski definition) is 7. The molecule has 9 nitrogen and oxygen atoms in total. The number of anilines is 1. The van der Waals surface area contributed by atoms with E-state index in [0.29, 0.717) is 51.8 Å². The molecule has 3 aromatic rings. The standard InChI is InChI=1S/C32H44N4O5/c1-36(24-32(38)39)30-23-27(26-11-7-5-8-12-26)28-22-25(14-15-29(28)35-30)10-6-3-2-4-9-13-31(37)34-17-19-41-21-20-40-18-16-33/h5,7-8,11-12,14-15,22-23H,2-4,6,9-10,13,16-21,24,33H2,1H3,(H,34,37)(H,38,39). The summed E-state index contributed by atoms with van der Waals surface area (Å²) in [5.41, 5.74) is 9.59. The lowest BCUT2D eigenvalue weighted by Gasteiger charge is -2.18. The van der Waals surface area contributed by atoms with E-state index in [1.807, 2.05) is 30.3 Å². The van der Waals surface area contributed by atoms with Gasteiger partial charge in [-0.05, 0) is 54.2 Å². The fourth-order valence-electron chi connectivity index (χ4n) is 4.65. The molecule has 222 valence electrons. The van der Waals surface area contributed by atoms with Crippen LogP contribution in [0.3, 0.4) is 0 Å². The molecule has 1 heterocycles. The maximum atomic E-state index is 12.0. The van der Waals surface area contributed by atoms with Crippen LogP contribution in [0.25, 0.3) is 22.0 Å². The topological polar surface area (TPSA) is 127 Å². The first kappa shape index (κ1) is 32.0. The van der Waals surface area contributed by atoms with Gasteiger partial charge < -0.3 is 30.5 Å². The summed E-state index contributed by atoms with van der Waals surface area (Å²) in [6.45, 7) is 2.96. The van der Waals surface area contributed by atoms with Crippen molar-refractivity contribution in [3.63, 3.8) is 0 Å². The Labute approximate surface area is 243 Å². The van der Waals surface area contributed by atoms with Crippen molar-refractivity contribution in [2.24, 2.45) is 5.73 Å². The van der Waals surface area contributed by atoms with Crippen molar-refractivity contribution in [2.75, 3.05) is 58.0 Å². The molecule has 0 saturated heterocycles. The van der Waals surface area contributed by atoms with E-state index in [1.165, 1.54) is 5.56 Å². The number of benzene rings is 2. The summed E-state index contributed by atoms with van der Waals surface area (Å²) in [6.07, 6.45) is 6.74. The molecule has 4 N–H and O–H groups in total. The largest absolute Gasteiger partial charge is 0.480 e. The van der Waals surface area contributed by atoms with E-state index < -0.39 is 5.97 Å². The van der Waals surface area contributed by atoms with Gasteiger partial charge in [-0.3, -0.25) is 9.59 Å². The highest BCUT2D eigenvalue weighted by Gasteiger charge is 2.13. The zero-order chi connectivity index (χ0) is 29.3. The number of likely N-dealkylation sites (N-methyl/N-ethyl adjacent to an activating group) is 1. The van der Waals surface area contributed by atoms with Crippen molar-refractivity contribution in [1.29, 1.82) is 0 Å². The van der Waals surface area contributed by atoms with Crippen molar-refractivity contribution in [2.45, 2.75) is 44.9 Å². The third-order valence-electron chi connectivity index (χ3n) is 6.78. The van der Waals surface area contributed by atoms with Gasteiger partial charge in [0.15, 0.2) is 0 Å². The first-order chi connectivity index (χ1) is 20.0. The van der Waals surface area contributed by atoms with Gasteiger partial charge in [-0.2, -0.15) is 0 Å². The second-order valence-electron chi connectivity index (χ2n) is 10.1. The number of ether oxygens (including phenoxy) is 2. The zero-order valence-electron chi connectivity index (χ0n) is 24.1. The number of aromatic nitrogens is 1. The molecule has 1 amide bonds. The summed E-state index contributed by atoms with van der Waals surface area (Å²) in [6, 6.07) is 18.5. The van der Waals surface area contributed by atoms with E-state index in [0.717, 1.165) is 60.6 Å². The van der Waals surface area contributed by atoms with Gasteiger partial charge in [0.05, 0.1) is 31.9 Å². The SMILES string of the molecule is CN(CC(=O)O)c1cc(-c2ccccc2)c2cc(CCCCCCCC(=O)NCCOCCOCCN)ccc2n1. The number of unbranched alkanes of at least 4 members (excludes halogenated alkanes) is 4. The minimum Gasteiger partial charge on any atom is -0.480 e. The lowest BCUT2D eigenvalue weighted by atomic mass is 9.97. The van der Waals surface area contributed by atoms with E-state index in [9.17, 15) is 14.7 Å². The Bertz CT molecular complexity index is 1220. The lowest BCUT2D eigenvalue weighted by molar-refractivity contribution is -0.135. The van der Waals surface area contributed by atoms with Crippen molar-refractivity contribution in [3.05, 3.63) is 60.2 Å². The molecule has 0 spiro atoms. The molecule has 0 atom stereocenters. The number of aryl methyl sites for hydroxylation is 1. The Balaban J connectivity index is 1.42. The fraction of sp³-hybridized carbons (Fsp3) is 0.469. The zero-order valence-corrected chi connectivity index (χ0v) is 24.1. The summed E-state index contributed by atoms with van der Waals surface area (Å²) >= 11 is 0. The number of nitrogens with one attached hydrogen (secondary N) is 1. The molecule has 0 bridgehead atoms. The minimum absolute atomic E-state index is 0.0734. The summed E-state index contributed by atoms with van der Waals surface area (Å²) in [5.74, 6) is -0.182. The molecule has 0 aliphatic rings. The number of amides is 1. The predicted molar refractivity (Wildman–Crippen MR) is 163 cm³/mol. The Hall–Kier alpha value is -3.53. The average molecular weight is 565 g/mol. The fourth-order valence-corrected chi connectivity index (χ4v) is 4.65. The van der Waals surface area contributed by atoms with Crippen LogP contribution < -0.4 is 16.0 Å². The number of carboxylic acids is 1. The highest BCUT2D eigenvalue weighted by atomic mass is 16.5. The molecular formula is C32H44N4O5. The van der Waals surface area contributed by atoms with E-state index in [1.54, 1.807) is 11.9 Å². The quantitative estimate of drug-likeness (QED) is 0.172. The number of aliphatic carboxylic acids is 1. The number of carboxylic acid groups (broad SMARTS) is 1. The van der Waals surface area contributed by atoms with Crippen molar-refractivity contribution < 1.29 is 24.2 Å². The molecule has 0 saturated carbocycles. The van der Waals surface area contributed by atoms with E-state index in [4.69, 9.17) is 20.2 Å². The van der Waals surface area contributed by atoms with Crippen LogP contribution in [0.15, 0.2) is 54.6 Å². The Morgan fingerprint density at radius 1 is 0.927 bits per heavy atom. The normalized spacial score (nSPS) is 11.1. The Kier molecular flexibility index (Phi) is 14.1. The van der Waals surface area contributed by atoms with Crippen LogP contribution >= 0.6 is 0 Å². The molecule has 1 aromatic heterocycles. The molecule has 0 radical (unpaired) electrons. The number of nitrogens with two attached hydrogens (primary N) is 1. The van der Waals surface area contributed by atoms with Crippen LogP contribution in [-0.4, -0.2) is 75.1 Å². The predicted octanol–water partition coefficient (Wildman–Crippen LogP) is 4.41. The number of carbonyl (C=O) groups is 2. The number of hydrogen-bond donors (Lipinski definition) is 3. The van der Waals surface area contributed by atoms with Crippen molar-refractivity contribution in [3.8, 4) is 11.1 Å². The second-order valence-corrected chi connectivity index (χ2v) is 10.1. The number of pyridine rings is 1. The maximum Gasteiger partial charge on any atom is 0.323 e. The summed E-state index contributed by atoms with van der Waals surface area (Å²) in [5, 5.41) is 13.2. The first-order valence-electron chi connectivity index (χ1n) is 14.5. The Morgan fingerprint density at radius 2 is 1.66 bits per heavy atom. The maximum absolute atomic E-state index is 12.0. The van der Waals surface area contributed by atoms with Gasteiger partial charge in [-0.15, -0.1) is 0 Å². The van der Waals surface area contributed by atoms with E-state index in [-0.39, 0.29) is 12.5 Å². The van der Waals surface area contributed by atoms with Crippen LogP contribution in [0.5, 0.6) is 0 Å². The van der Waals surface area contributed by atoms with Crippen LogP contribution in [0.4, 0.5) is 5.82 Å². The molecule has 0 unspecified atom stereocenters. The van der Waals surface area contributed by atoms with Crippen LogP contribution in [0, 0.1) is 0 Å². The van der Waals surface area contributed by atoms with Gasteiger partial charge in [0.25, 0.3) is 0 Å². The van der Waals surface area contributed by atoms with Crippen LogP contribution in [0.1, 0.15) is 44.1 Å². The Morgan fingerprint density at radius 3 is 2.41 bits per heavy atom. The molecule has 9 heteroatoms. The molecule has 0 aliphatic heterocycles. The molecule has 0 fully saturated rings. The molecule has 0 aliphatic carbocycles. The monoisotopic (exact) mass is 564 g/mol. The third-order valence-corrected chi connectivity index (χ3v) is 6.78. The van der Waals surface area contributed by atoms with Crippen LogP contribution in [-0.2, 0) is 25.5 Å². The lowest BCUT2D eigenvalue weighted by Crippen LogP contribution is -2.27. The molecule has 41 heavy (non-hydrogen) atoms. The molecule has 3 rings (SSSR count). The van der Waals surface area contributed by atoms with Gasteiger partial charge in [0.1, 0.15) is 12.4 Å². The number of fused-ring (bicyclic) bond motifs is 1. The highest BCUT2D eigenvalue weighted by molar-refractivity contribution is 5.96. The summed E-state index contributed by atoms with van der Waals surface area (Å²) in [7, 11) is 1.75. The first-order valence-corrected chi connectivity index (χ1v) is 14.5. The van der Waals surface area contributed by atoms with Crippen molar-refractivity contribution >= 4 is 28.6 Å². The minimum atomic E-state index is -0.892. The van der Waals surface area contributed by atoms with Crippen molar-refractivity contribution in [1.82, 2.24) is 10.3 Å². The highest BCUT2D eigenvalue weighted by Crippen LogP contribution is 2.32. The van der Waals surface area contributed by atoms with Gasteiger partial charge in [-0.25, -0.2) is 4.98 Å². The number of nitrogens with zero attached hydrogens (tertiary/aromatic N) is 2. The van der Waals surface area contributed by atoms with Gasteiger partial charge in [0, 0.05) is 31.9 Å². The number of rotatable bonds is 20. The summed E-state index contributed by atoms with van der Waals surface area (Å²) in [4.78, 5) is 29.7. The third kappa shape index (κ3) is 11.5. The molecule has 2 aromatic carbocycles. The second kappa shape index (κ2) is 18.0. The summed E-state index contributed by atoms with van der Waals surface area (Å²) < 4.78 is 10.6. The number of carbonyl (C=O) groups excluding carboxylic acids is 1. The smallest absolute Gasteiger partial charge is 0.323 e. The average Bonchev–Trinajstić information content (AvgIpc) is 2.97. The van der Waals surface area contributed by atoms with Crippen LogP contribution in [0.2, 0.25) is 0 Å².